The van der Waals surface area contributed by atoms with Gasteiger partial charge in [0.15, 0.2) is 11.5 Å². The SMILES string of the molecule is CC[C@H](C(=O)Nc1ccc2c(c1)OCCO2)n1nc(-c2ccc(C)cc2)ccc1=O. The van der Waals surface area contributed by atoms with Gasteiger partial charge in [-0.05, 0) is 31.5 Å². The van der Waals surface area contributed by atoms with E-state index in [2.05, 4.69) is 10.4 Å². The Bertz CT molecular complexity index is 1120. The first-order valence-electron chi connectivity index (χ1n) is 9.92. The van der Waals surface area contributed by atoms with Crippen LogP contribution in [0.1, 0.15) is 24.9 Å². The van der Waals surface area contributed by atoms with E-state index in [9.17, 15) is 9.59 Å². The fraction of sp³-hybridized carbons (Fsp3) is 0.261. The van der Waals surface area contributed by atoms with E-state index >= 15 is 0 Å². The topological polar surface area (TPSA) is 82.4 Å². The number of carbonyl (C=O) groups excluding carboxylic acids is 1. The first-order valence-corrected chi connectivity index (χ1v) is 9.92. The van der Waals surface area contributed by atoms with Crippen molar-refractivity contribution in [2.24, 2.45) is 0 Å². The Balaban J connectivity index is 1.60. The van der Waals surface area contributed by atoms with Crippen LogP contribution in [0.5, 0.6) is 11.5 Å². The highest BCUT2D eigenvalue weighted by Crippen LogP contribution is 2.32. The van der Waals surface area contributed by atoms with Crippen LogP contribution in [0.3, 0.4) is 0 Å². The Hall–Kier alpha value is -3.61. The van der Waals surface area contributed by atoms with E-state index in [1.807, 2.05) is 38.1 Å². The van der Waals surface area contributed by atoms with Crippen LogP contribution >= 0.6 is 0 Å². The number of aromatic nitrogens is 2. The predicted octanol–water partition coefficient (Wildman–Crippen LogP) is 3.58. The predicted molar refractivity (Wildman–Crippen MR) is 114 cm³/mol. The lowest BCUT2D eigenvalue weighted by Crippen LogP contribution is -2.34. The average molecular weight is 405 g/mol. The molecular formula is C23H23N3O4. The van der Waals surface area contributed by atoms with Gasteiger partial charge in [0.1, 0.15) is 19.3 Å². The number of amides is 1. The van der Waals surface area contributed by atoms with Crippen LogP contribution in [0, 0.1) is 6.92 Å². The van der Waals surface area contributed by atoms with Gasteiger partial charge in [0.05, 0.1) is 5.69 Å². The molecule has 1 aliphatic heterocycles. The van der Waals surface area contributed by atoms with Crippen LogP contribution < -0.4 is 20.3 Å². The molecule has 1 atom stereocenters. The maximum absolute atomic E-state index is 13.0. The molecule has 2 heterocycles. The van der Waals surface area contributed by atoms with E-state index in [-0.39, 0.29) is 11.5 Å². The minimum atomic E-state index is -0.740. The third-order valence-electron chi connectivity index (χ3n) is 4.97. The van der Waals surface area contributed by atoms with Crippen molar-refractivity contribution in [2.45, 2.75) is 26.3 Å². The number of carbonyl (C=O) groups is 1. The molecule has 30 heavy (non-hydrogen) atoms. The minimum absolute atomic E-state index is 0.315. The molecule has 0 saturated heterocycles. The maximum Gasteiger partial charge on any atom is 0.267 e. The normalized spacial score (nSPS) is 13.5. The number of nitrogens with one attached hydrogen (secondary N) is 1. The van der Waals surface area contributed by atoms with Crippen LogP contribution in [-0.4, -0.2) is 28.9 Å². The van der Waals surface area contributed by atoms with Gasteiger partial charge in [0, 0.05) is 23.4 Å². The molecular weight excluding hydrogens is 382 g/mol. The van der Waals surface area contributed by atoms with Gasteiger partial charge in [-0.2, -0.15) is 5.10 Å². The molecule has 1 aliphatic rings. The van der Waals surface area contributed by atoms with Crippen LogP contribution in [0.15, 0.2) is 59.4 Å². The lowest BCUT2D eigenvalue weighted by atomic mass is 10.1. The second-order valence-corrected chi connectivity index (χ2v) is 7.14. The molecule has 1 amide bonds. The summed E-state index contributed by atoms with van der Waals surface area (Å²) in [5, 5.41) is 7.34. The van der Waals surface area contributed by atoms with Gasteiger partial charge >= 0.3 is 0 Å². The monoisotopic (exact) mass is 405 g/mol. The van der Waals surface area contributed by atoms with Gasteiger partial charge in [-0.3, -0.25) is 9.59 Å². The largest absolute Gasteiger partial charge is 0.486 e. The van der Waals surface area contributed by atoms with Gasteiger partial charge in [0.2, 0.25) is 5.91 Å². The highest BCUT2D eigenvalue weighted by Gasteiger charge is 2.22. The van der Waals surface area contributed by atoms with E-state index in [0.717, 1.165) is 11.1 Å². The molecule has 0 saturated carbocycles. The fourth-order valence-corrected chi connectivity index (χ4v) is 3.34. The highest BCUT2D eigenvalue weighted by molar-refractivity contribution is 5.94. The van der Waals surface area contributed by atoms with E-state index < -0.39 is 6.04 Å². The number of benzene rings is 2. The zero-order valence-electron chi connectivity index (χ0n) is 16.9. The van der Waals surface area contributed by atoms with Crippen molar-refractivity contribution < 1.29 is 14.3 Å². The number of fused-ring (bicyclic) bond motifs is 1. The van der Waals surface area contributed by atoms with Crippen molar-refractivity contribution in [1.29, 1.82) is 0 Å². The molecule has 4 rings (SSSR count). The Kier molecular flexibility index (Phi) is 5.52. The quantitative estimate of drug-likeness (QED) is 0.702. The van der Waals surface area contributed by atoms with Crippen molar-refractivity contribution in [3.05, 3.63) is 70.5 Å². The molecule has 1 aromatic heterocycles. The standard InChI is InChI=1S/C23H23N3O4/c1-3-19(23(28)24-17-8-10-20-21(14-17)30-13-12-29-20)26-22(27)11-9-18(25-26)16-6-4-15(2)5-7-16/h4-11,14,19H,3,12-13H2,1-2H3,(H,24,28)/t19-/m1/s1. The molecule has 0 bridgehead atoms. The number of hydrogen-bond acceptors (Lipinski definition) is 5. The molecule has 1 N–H and O–H groups in total. The molecule has 2 aromatic carbocycles. The smallest absolute Gasteiger partial charge is 0.267 e. The summed E-state index contributed by atoms with van der Waals surface area (Å²) in [5.41, 5.74) is 2.91. The summed E-state index contributed by atoms with van der Waals surface area (Å²) in [7, 11) is 0. The van der Waals surface area contributed by atoms with Gasteiger partial charge in [-0.15, -0.1) is 0 Å². The van der Waals surface area contributed by atoms with Gasteiger partial charge in [-0.1, -0.05) is 36.8 Å². The summed E-state index contributed by atoms with van der Waals surface area (Å²) in [6.45, 7) is 4.82. The summed E-state index contributed by atoms with van der Waals surface area (Å²) in [5.74, 6) is 0.920. The molecule has 7 heteroatoms. The molecule has 3 aromatic rings. The number of aryl methyl sites for hydroxylation is 1. The van der Waals surface area contributed by atoms with Crippen LogP contribution in [-0.2, 0) is 4.79 Å². The third-order valence-corrected chi connectivity index (χ3v) is 4.97. The van der Waals surface area contributed by atoms with Gasteiger partial charge in [-0.25, -0.2) is 4.68 Å². The van der Waals surface area contributed by atoms with Crippen molar-refractivity contribution in [3.63, 3.8) is 0 Å². The molecule has 0 aliphatic carbocycles. The molecule has 154 valence electrons. The first kappa shape index (κ1) is 19.7. The van der Waals surface area contributed by atoms with Crippen molar-refractivity contribution in [2.75, 3.05) is 18.5 Å². The van der Waals surface area contributed by atoms with E-state index in [4.69, 9.17) is 9.47 Å². The Morgan fingerprint density at radius 1 is 1.07 bits per heavy atom. The zero-order valence-corrected chi connectivity index (χ0v) is 16.9. The number of anilines is 1. The van der Waals surface area contributed by atoms with E-state index in [1.54, 1.807) is 24.3 Å². The second kappa shape index (κ2) is 8.41. The fourth-order valence-electron chi connectivity index (χ4n) is 3.34. The van der Waals surface area contributed by atoms with Crippen LogP contribution in [0.4, 0.5) is 5.69 Å². The molecule has 0 fully saturated rings. The molecule has 0 radical (unpaired) electrons. The van der Waals surface area contributed by atoms with Crippen molar-refractivity contribution in [1.82, 2.24) is 9.78 Å². The number of hydrogen-bond donors (Lipinski definition) is 1. The zero-order chi connectivity index (χ0) is 21.1. The van der Waals surface area contributed by atoms with Crippen LogP contribution in [0.2, 0.25) is 0 Å². The summed E-state index contributed by atoms with van der Waals surface area (Å²) < 4.78 is 12.3. The van der Waals surface area contributed by atoms with Gasteiger partial charge in [0.25, 0.3) is 5.56 Å². The summed E-state index contributed by atoms with van der Waals surface area (Å²) in [4.78, 5) is 25.5. The lowest BCUT2D eigenvalue weighted by Gasteiger charge is -2.20. The maximum atomic E-state index is 13.0. The Morgan fingerprint density at radius 3 is 2.53 bits per heavy atom. The van der Waals surface area contributed by atoms with E-state index in [0.29, 0.717) is 42.5 Å². The average Bonchev–Trinajstić information content (AvgIpc) is 2.76. The van der Waals surface area contributed by atoms with Crippen molar-refractivity contribution in [3.8, 4) is 22.8 Å². The summed E-state index contributed by atoms with van der Waals surface area (Å²) in [6.07, 6.45) is 0.417. The minimum Gasteiger partial charge on any atom is -0.486 e. The Morgan fingerprint density at radius 2 is 1.80 bits per heavy atom. The number of nitrogens with zero attached hydrogens (tertiary/aromatic N) is 2. The first-order chi connectivity index (χ1) is 14.5. The molecule has 0 unspecified atom stereocenters. The summed E-state index contributed by atoms with van der Waals surface area (Å²) >= 11 is 0. The van der Waals surface area contributed by atoms with Crippen molar-refractivity contribution >= 4 is 11.6 Å². The Labute approximate surface area is 174 Å². The van der Waals surface area contributed by atoms with Gasteiger partial charge < -0.3 is 14.8 Å². The lowest BCUT2D eigenvalue weighted by molar-refractivity contribution is -0.119. The highest BCUT2D eigenvalue weighted by atomic mass is 16.6. The molecule has 0 spiro atoms. The molecule has 7 nitrogen and oxygen atoms in total. The summed E-state index contributed by atoms with van der Waals surface area (Å²) in [6, 6.07) is 15.5. The number of ether oxygens (including phenoxy) is 2. The third kappa shape index (κ3) is 4.05. The number of rotatable bonds is 5. The second-order valence-electron chi connectivity index (χ2n) is 7.14. The van der Waals surface area contributed by atoms with E-state index in [1.165, 1.54) is 10.7 Å². The van der Waals surface area contributed by atoms with Crippen LogP contribution in [0.25, 0.3) is 11.3 Å².